The largest absolute Gasteiger partial charge is 0.314 e. The van der Waals surface area contributed by atoms with Gasteiger partial charge in [-0.2, -0.15) is 0 Å². The van der Waals surface area contributed by atoms with E-state index < -0.39 is 0 Å². The molecule has 114 valence electrons. The van der Waals surface area contributed by atoms with Crippen molar-refractivity contribution in [3.63, 3.8) is 0 Å². The molecule has 2 bridgehead atoms. The molecule has 1 N–H and O–H groups in total. The van der Waals surface area contributed by atoms with E-state index >= 15 is 0 Å². The third-order valence-corrected chi connectivity index (χ3v) is 6.73. The maximum absolute atomic E-state index is 6.46. The SMILES string of the molecule is CCNC(Cc1ccc(C)cc1Cl)C1C2C3CCC(C3)C21. The standard InChI is InChI=1S/C19H26ClN/c1-3-21-16(10-12-5-4-11(2)8-15(12)20)19-17-13-6-7-14(9-13)18(17)19/h4-5,8,13-14,16-19,21H,3,6-7,9-10H2,1-2H3. The zero-order valence-electron chi connectivity index (χ0n) is 13.1. The molecule has 0 aliphatic heterocycles. The Morgan fingerprint density at radius 3 is 2.57 bits per heavy atom. The molecule has 0 amide bonds. The summed E-state index contributed by atoms with van der Waals surface area (Å²) in [5, 5.41) is 4.72. The van der Waals surface area contributed by atoms with E-state index in [1.165, 1.54) is 30.4 Å². The first-order valence-electron chi connectivity index (χ1n) is 8.67. The lowest BCUT2D eigenvalue weighted by molar-refractivity contribution is 0.366. The fourth-order valence-corrected chi connectivity index (χ4v) is 5.90. The summed E-state index contributed by atoms with van der Waals surface area (Å²) in [7, 11) is 0. The summed E-state index contributed by atoms with van der Waals surface area (Å²) >= 11 is 6.46. The van der Waals surface area contributed by atoms with Crippen LogP contribution in [-0.4, -0.2) is 12.6 Å². The second kappa shape index (κ2) is 5.28. The summed E-state index contributed by atoms with van der Waals surface area (Å²) in [6, 6.07) is 7.17. The Morgan fingerprint density at radius 2 is 1.95 bits per heavy atom. The van der Waals surface area contributed by atoms with Crippen molar-refractivity contribution in [3.05, 3.63) is 34.3 Å². The van der Waals surface area contributed by atoms with Crippen LogP contribution in [0, 0.1) is 36.5 Å². The predicted octanol–water partition coefficient (Wildman–Crippen LogP) is 4.46. The lowest BCUT2D eigenvalue weighted by Crippen LogP contribution is -2.35. The number of halogens is 1. The molecule has 3 aliphatic rings. The monoisotopic (exact) mass is 303 g/mol. The number of hydrogen-bond donors (Lipinski definition) is 1. The minimum absolute atomic E-state index is 0.633. The third-order valence-electron chi connectivity index (χ3n) is 6.37. The lowest BCUT2D eigenvalue weighted by atomic mass is 9.93. The Labute approximate surface area is 133 Å². The van der Waals surface area contributed by atoms with Gasteiger partial charge in [0.25, 0.3) is 0 Å². The molecule has 2 heteroatoms. The van der Waals surface area contributed by atoms with Gasteiger partial charge in [0.05, 0.1) is 0 Å². The Kier molecular flexibility index (Phi) is 3.54. The van der Waals surface area contributed by atoms with Crippen molar-refractivity contribution in [1.29, 1.82) is 0 Å². The highest BCUT2D eigenvalue weighted by atomic mass is 35.5. The van der Waals surface area contributed by atoms with E-state index in [9.17, 15) is 0 Å². The molecule has 0 heterocycles. The Bertz CT molecular complexity index is 524. The van der Waals surface area contributed by atoms with Crippen LogP contribution in [0.25, 0.3) is 0 Å². The molecule has 3 aliphatic carbocycles. The van der Waals surface area contributed by atoms with Gasteiger partial charge in [-0.25, -0.2) is 0 Å². The van der Waals surface area contributed by atoms with Gasteiger partial charge in [0.2, 0.25) is 0 Å². The zero-order chi connectivity index (χ0) is 14.6. The quantitative estimate of drug-likeness (QED) is 0.847. The molecule has 21 heavy (non-hydrogen) atoms. The molecule has 0 spiro atoms. The van der Waals surface area contributed by atoms with E-state index in [1.807, 2.05) is 0 Å². The molecule has 5 atom stereocenters. The van der Waals surface area contributed by atoms with Gasteiger partial charge in [-0.15, -0.1) is 0 Å². The molecule has 5 unspecified atom stereocenters. The predicted molar refractivity (Wildman–Crippen MR) is 88.7 cm³/mol. The van der Waals surface area contributed by atoms with E-state index in [4.69, 9.17) is 11.6 Å². The van der Waals surface area contributed by atoms with Gasteiger partial charge in [-0.05, 0) is 85.9 Å². The normalized spacial score (nSPS) is 37.6. The first kappa shape index (κ1) is 14.1. The number of nitrogens with one attached hydrogen (secondary N) is 1. The van der Waals surface area contributed by atoms with Gasteiger partial charge < -0.3 is 5.32 Å². The summed E-state index contributed by atoms with van der Waals surface area (Å²) in [4.78, 5) is 0. The minimum Gasteiger partial charge on any atom is -0.314 e. The Hall–Kier alpha value is -0.530. The highest BCUT2D eigenvalue weighted by molar-refractivity contribution is 6.31. The highest BCUT2D eigenvalue weighted by Crippen LogP contribution is 2.70. The second-order valence-corrected chi connectivity index (χ2v) is 7.94. The van der Waals surface area contributed by atoms with Crippen molar-refractivity contribution < 1.29 is 0 Å². The van der Waals surface area contributed by atoms with Crippen LogP contribution in [0.4, 0.5) is 0 Å². The van der Waals surface area contributed by atoms with Crippen LogP contribution in [0.1, 0.15) is 37.3 Å². The zero-order valence-corrected chi connectivity index (χ0v) is 13.9. The van der Waals surface area contributed by atoms with Crippen molar-refractivity contribution in [1.82, 2.24) is 5.32 Å². The van der Waals surface area contributed by atoms with E-state index in [1.54, 1.807) is 0 Å². The van der Waals surface area contributed by atoms with E-state index in [0.717, 1.165) is 47.6 Å². The summed E-state index contributed by atoms with van der Waals surface area (Å²) in [5.41, 5.74) is 2.58. The summed E-state index contributed by atoms with van der Waals surface area (Å²) in [5.74, 6) is 5.11. The molecule has 1 aromatic carbocycles. The lowest BCUT2D eigenvalue weighted by Gasteiger charge is -2.22. The van der Waals surface area contributed by atoms with Gasteiger partial charge in [0.1, 0.15) is 0 Å². The van der Waals surface area contributed by atoms with Crippen molar-refractivity contribution in [2.45, 2.75) is 45.6 Å². The number of rotatable bonds is 5. The average molecular weight is 304 g/mol. The van der Waals surface area contributed by atoms with Crippen LogP contribution in [0.5, 0.6) is 0 Å². The fraction of sp³-hybridized carbons (Fsp3) is 0.684. The molecule has 3 saturated carbocycles. The maximum Gasteiger partial charge on any atom is 0.0441 e. The van der Waals surface area contributed by atoms with E-state index in [2.05, 4.69) is 37.4 Å². The highest BCUT2D eigenvalue weighted by Gasteiger charge is 2.66. The molecular formula is C19H26ClN. The van der Waals surface area contributed by atoms with Crippen molar-refractivity contribution in [2.24, 2.45) is 29.6 Å². The van der Waals surface area contributed by atoms with Gasteiger partial charge >= 0.3 is 0 Å². The third kappa shape index (κ3) is 2.33. The van der Waals surface area contributed by atoms with Gasteiger partial charge in [0, 0.05) is 11.1 Å². The van der Waals surface area contributed by atoms with Gasteiger partial charge in [-0.1, -0.05) is 30.7 Å². The molecule has 1 nitrogen and oxygen atoms in total. The summed E-state index contributed by atoms with van der Waals surface area (Å²) in [6.45, 7) is 5.41. The van der Waals surface area contributed by atoms with Crippen LogP contribution in [0.3, 0.4) is 0 Å². The smallest absolute Gasteiger partial charge is 0.0441 e. The van der Waals surface area contributed by atoms with Crippen LogP contribution in [0.15, 0.2) is 18.2 Å². The maximum atomic E-state index is 6.46. The van der Waals surface area contributed by atoms with Crippen molar-refractivity contribution in [3.8, 4) is 0 Å². The molecule has 4 rings (SSSR count). The van der Waals surface area contributed by atoms with E-state index in [0.29, 0.717) is 6.04 Å². The van der Waals surface area contributed by atoms with Gasteiger partial charge in [0.15, 0.2) is 0 Å². The fourth-order valence-electron chi connectivity index (χ4n) is 5.59. The second-order valence-electron chi connectivity index (χ2n) is 7.53. The van der Waals surface area contributed by atoms with Crippen LogP contribution < -0.4 is 5.32 Å². The number of likely N-dealkylation sites (N-methyl/N-ethyl adjacent to an activating group) is 1. The number of aryl methyl sites for hydroxylation is 1. The van der Waals surface area contributed by atoms with Gasteiger partial charge in [-0.3, -0.25) is 0 Å². The molecular weight excluding hydrogens is 278 g/mol. The Balaban J connectivity index is 1.51. The van der Waals surface area contributed by atoms with E-state index in [-0.39, 0.29) is 0 Å². The van der Waals surface area contributed by atoms with Crippen LogP contribution >= 0.6 is 11.6 Å². The van der Waals surface area contributed by atoms with Crippen molar-refractivity contribution >= 4 is 11.6 Å². The topological polar surface area (TPSA) is 12.0 Å². The summed E-state index contributed by atoms with van der Waals surface area (Å²) in [6.07, 6.45) is 5.65. The number of hydrogen-bond acceptors (Lipinski definition) is 1. The molecule has 0 aromatic heterocycles. The minimum atomic E-state index is 0.633. The summed E-state index contributed by atoms with van der Waals surface area (Å²) < 4.78 is 0. The molecule has 0 saturated heterocycles. The number of benzene rings is 1. The van der Waals surface area contributed by atoms with Crippen LogP contribution in [-0.2, 0) is 6.42 Å². The Morgan fingerprint density at radius 1 is 1.24 bits per heavy atom. The van der Waals surface area contributed by atoms with Crippen LogP contribution in [0.2, 0.25) is 5.02 Å². The molecule has 1 aromatic rings. The first-order chi connectivity index (χ1) is 10.2. The van der Waals surface area contributed by atoms with Crippen molar-refractivity contribution in [2.75, 3.05) is 6.54 Å². The molecule has 3 fully saturated rings. The number of fused-ring (bicyclic) bond motifs is 5. The first-order valence-corrected chi connectivity index (χ1v) is 9.05. The average Bonchev–Trinajstić information content (AvgIpc) is 2.88. The molecule has 0 radical (unpaired) electrons.